The molecule has 0 aromatic heterocycles. The largest absolute Gasteiger partial charge is 0.397 e. The van der Waals surface area contributed by atoms with E-state index in [1.807, 2.05) is 18.9 Å². The van der Waals surface area contributed by atoms with E-state index in [0.29, 0.717) is 16.8 Å². The summed E-state index contributed by atoms with van der Waals surface area (Å²) in [5.41, 5.74) is 7.39. The molecule has 0 saturated heterocycles. The highest BCUT2D eigenvalue weighted by molar-refractivity contribution is 6.31. The topological polar surface area (TPSA) is 58.4 Å². The van der Waals surface area contributed by atoms with Crippen LogP contribution in [0.25, 0.3) is 0 Å². The molecule has 0 bridgehead atoms. The number of carbonyl (C=O) groups is 1. The lowest BCUT2D eigenvalue weighted by atomic mass is 9.95. The Morgan fingerprint density at radius 2 is 2.05 bits per heavy atom. The van der Waals surface area contributed by atoms with E-state index in [1.54, 1.807) is 18.2 Å². The Kier molecular flexibility index (Phi) is 5.34. The fourth-order valence-electron chi connectivity index (χ4n) is 2.78. The first-order valence-electron chi connectivity index (χ1n) is 7.57. The molecule has 1 aromatic rings. The highest BCUT2D eigenvalue weighted by atomic mass is 35.5. The van der Waals surface area contributed by atoms with Gasteiger partial charge in [0.25, 0.3) is 0 Å². The molecule has 1 aromatic carbocycles. The van der Waals surface area contributed by atoms with Crippen molar-refractivity contribution in [3.63, 3.8) is 0 Å². The predicted molar refractivity (Wildman–Crippen MR) is 88.7 cm³/mol. The Labute approximate surface area is 131 Å². The Bertz CT molecular complexity index is 500. The van der Waals surface area contributed by atoms with E-state index < -0.39 is 0 Å². The van der Waals surface area contributed by atoms with E-state index in [4.69, 9.17) is 17.3 Å². The number of nitrogens with zero attached hydrogens (tertiary/aromatic N) is 1. The molecule has 3 N–H and O–H groups in total. The third-order valence-corrected chi connectivity index (χ3v) is 4.52. The van der Waals surface area contributed by atoms with E-state index in [1.165, 1.54) is 19.3 Å². The third-order valence-electron chi connectivity index (χ3n) is 4.28. The number of nitrogens with two attached hydrogens (primary N) is 1. The molecule has 0 aliphatic heterocycles. The van der Waals surface area contributed by atoms with E-state index in [-0.39, 0.29) is 11.9 Å². The van der Waals surface area contributed by atoms with Gasteiger partial charge in [-0.1, -0.05) is 30.9 Å². The Balaban J connectivity index is 2.02. The second-order valence-corrected chi connectivity index (χ2v) is 6.27. The van der Waals surface area contributed by atoms with Crippen LogP contribution in [-0.4, -0.2) is 25.0 Å². The summed E-state index contributed by atoms with van der Waals surface area (Å²) in [6.45, 7) is 1.89. The zero-order valence-corrected chi connectivity index (χ0v) is 13.5. The Morgan fingerprint density at radius 3 is 2.71 bits per heavy atom. The van der Waals surface area contributed by atoms with Gasteiger partial charge in [-0.2, -0.15) is 0 Å². The van der Waals surface area contributed by atoms with Crippen LogP contribution >= 0.6 is 11.6 Å². The van der Waals surface area contributed by atoms with E-state index in [9.17, 15) is 4.79 Å². The average Bonchev–Trinajstić information content (AvgIpc) is 2.49. The normalized spacial score (nSPS) is 17.3. The van der Waals surface area contributed by atoms with Gasteiger partial charge in [-0.05, 0) is 38.0 Å². The minimum atomic E-state index is -0.285. The van der Waals surface area contributed by atoms with Crippen LogP contribution in [0.5, 0.6) is 0 Å². The molecule has 1 atom stereocenters. The molecular formula is C16H24ClN3O. The van der Waals surface area contributed by atoms with Gasteiger partial charge in [0.05, 0.1) is 11.4 Å². The average molecular weight is 310 g/mol. The number of rotatable bonds is 4. The number of nitrogens with one attached hydrogen (secondary N) is 1. The minimum Gasteiger partial charge on any atom is -0.397 e. The van der Waals surface area contributed by atoms with Gasteiger partial charge < -0.3 is 16.0 Å². The number of carbonyl (C=O) groups excluding carboxylic acids is 1. The summed E-state index contributed by atoms with van der Waals surface area (Å²) >= 11 is 6.02. The molecule has 1 aliphatic carbocycles. The lowest BCUT2D eigenvalue weighted by molar-refractivity contribution is -0.122. The predicted octanol–water partition coefficient (Wildman–Crippen LogP) is 3.20. The number of hydrogen-bond acceptors (Lipinski definition) is 3. The molecule has 4 nitrogen and oxygen atoms in total. The van der Waals surface area contributed by atoms with Crippen LogP contribution in [0.3, 0.4) is 0 Å². The smallest absolute Gasteiger partial charge is 0.242 e. The van der Waals surface area contributed by atoms with Crippen LogP contribution in [0, 0.1) is 0 Å². The summed E-state index contributed by atoms with van der Waals surface area (Å²) in [5, 5.41) is 3.77. The number of benzene rings is 1. The zero-order valence-electron chi connectivity index (χ0n) is 12.7. The van der Waals surface area contributed by atoms with Gasteiger partial charge in [0, 0.05) is 18.1 Å². The number of nitrogen functional groups attached to an aromatic ring is 1. The van der Waals surface area contributed by atoms with Gasteiger partial charge in [-0.3, -0.25) is 4.79 Å². The van der Waals surface area contributed by atoms with Gasteiger partial charge in [0.1, 0.15) is 6.04 Å². The van der Waals surface area contributed by atoms with E-state index >= 15 is 0 Å². The molecule has 5 heteroatoms. The standard InChI is InChI=1S/C16H24ClN3O/c1-11(16(21)19-13-6-4-3-5-7-13)20(2)15-10-12(17)8-9-14(15)18/h8-11,13H,3-7,18H2,1-2H3,(H,19,21). The quantitative estimate of drug-likeness (QED) is 0.840. The maximum atomic E-state index is 12.4. The monoisotopic (exact) mass is 309 g/mol. The van der Waals surface area contributed by atoms with Crippen molar-refractivity contribution in [3.8, 4) is 0 Å². The van der Waals surface area contributed by atoms with Crippen LogP contribution < -0.4 is 16.0 Å². The lowest BCUT2D eigenvalue weighted by Gasteiger charge is -2.30. The molecule has 2 rings (SSSR count). The van der Waals surface area contributed by atoms with Crippen molar-refractivity contribution in [2.45, 2.75) is 51.1 Å². The number of amides is 1. The molecule has 0 heterocycles. The maximum absolute atomic E-state index is 12.4. The highest BCUT2D eigenvalue weighted by Gasteiger charge is 2.23. The van der Waals surface area contributed by atoms with Gasteiger partial charge in [-0.15, -0.1) is 0 Å². The third kappa shape index (κ3) is 4.03. The first kappa shape index (κ1) is 16.0. The van der Waals surface area contributed by atoms with Gasteiger partial charge in [0.2, 0.25) is 5.91 Å². The van der Waals surface area contributed by atoms with Gasteiger partial charge >= 0.3 is 0 Å². The maximum Gasteiger partial charge on any atom is 0.242 e. The van der Waals surface area contributed by atoms with Crippen molar-refractivity contribution in [2.24, 2.45) is 0 Å². The molecule has 1 unspecified atom stereocenters. The van der Waals surface area contributed by atoms with Crippen molar-refractivity contribution >= 4 is 28.9 Å². The zero-order chi connectivity index (χ0) is 15.4. The van der Waals surface area contributed by atoms with Crippen molar-refractivity contribution in [1.29, 1.82) is 0 Å². The van der Waals surface area contributed by atoms with Crippen LogP contribution in [0.2, 0.25) is 5.02 Å². The number of anilines is 2. The van der Waals surface area contributed by atoms with E-state index in [2.05, 4.69) is 5.32 Å². The molecule has 1 fully saturated rings. The van der Waals surface area contributed by atoms with Crippen molar-refractivity contribution in [3.05, 3.63) is 23.2 Å². The Morgan fingerprint density at radius 1 is 1.38 bits per heavy atom. The fourth-order valence-corrected chi connectivity index (χ4v) is 2.94. The van der Waals surface area contributed by atoms with Crippen molar-refractivity contribution < 1.29 is 4.79 Å². The summed E-state index contributed by atoms with van der Waals surface area (Å²) in [6.07, 6.45) is 5.86. The summed E-state index contributed by atoms with van der Waals surface area (Å²) in [5.74, 6) is 0.0452. The van der Waals surface area contributed by atoms with Crippen LogP contribution in [-0.2, 0) is 4.79 Å². The van der Waals surface area contributed by atoms with E-state index in [0.717, 1.165) is 18.5 Å². The molecule has 0 spiro atoms. The van der Waals surface area contributed by atoms with Crippen molar-refractivity contribution in [2.75, 3.05) is 17.7 Å². The van der Waals surface area contributed by atoms with Gasteiger partial charge in [-0.25, -0.2) is 0 Å². The van der Waals surface area contributed by atoms with Crippen LogP contribution in [0.1, 0.15) is 39.0 Å². The molecule has 21 heavy (non-hydrogen) atoms. The first-order valence-corrected chi connectivity index (χ1v) is 7.95. The molecule has 1 amide bonds. The molecule has 116 valence electrons. The van der Waals surface area contributed by atoms with Gasteiger partial charge in [0.15, 0.2) is 0 Å². The molecule has 0 radical (unpaired) electrons. The number of halogens is 1. The summed E-state index contributed by atoms with van der Waals surface area (Å²) in [4.78, 5) is 14.3. The molecular weight excluding hydrogens is 286 g/mol. The van der Waals surface area contributed by atoms with Crippen molar-refractivity contribution in [1.82, 2.24) is 5.32 Å². The Hall–Kier alpha value is -1.42. The SMILES string of the molecule is CC(C(=O)NC1CCCCC1)N(C)c1cc(Cl)ccc1N. The lowest BCUT2D eigenvalue weighted by Crippen LogP contribution is -2.47. The fraction of sp³-hybridized carbons (Fsp3) is 0.562. The van der Waals surface area contributed by atoms with Crippen LogP contribution in [0.4, 0.5) is 11.4 Å². The first-order chi connectivity index (χ1) is 9.99. The highest BCUT2D eigenvalue weighted by Crippen LogP contribution is 2.27. The molecule has 1 saturated carbocycles. The summed E-state index contributed by atoms with van der Waals surface area (Å²) in [7, 11) is 1.87. The number of likely N-dealkylation sites (N-methyl/N-ethyl adjacent to an activating group) is 1. The molecule has 1 aliphatic rings. The number of hydrogen-bond donors (Lipinski definition) is 2. The second kappa shape index (κ2) is 7.03. The second-order valence-electron chi connectivity index (χ2n) is 5.83. The van der Waals surface area contributed by atoms with Crippen LogP contribution in [0.15, 0.2) is 18.2 Å². The summed E-state index contributed by atoms with van der Waals surface area (Å²) in [6, 6.07) is 5.34. The minimum absolute atomic E-state index is 0.0452. The summed E-state index contributed by atoms with van der Waals surface area (Å²) < 4.78 is 0.